The number of carbonyl (C=O) groups excluding carboxylic acids is 2. The number of carbonyl (C=O) groups is 2. The van der Waals surface area contributed by atoms with Crippen molar-refractivity contribution >= 4 is 46.6 Å². The van der Waals surface area contributed by atoms with Crippen LogP contribution in [0.5, 0.6) is 0 Å². The molecular formula is C19H20ClN3O2S. The van der Waals surface area contributed by atoms with Crippen LogP contribution in [0.25, 0.3) is 0 Å². The summed E-state index contributed by atoms with van der Waals surface area (Å²) in [6, 6.07) is 14.9. The molecule has 2 rings (SSSR count). The van der Waals surface area contributed by atoms with Crippen LogP contribution in [-0.4, -0.2) is 23.3 Å². The molecule has 2 aromatic rings. The third-order valence-corrected chi connectivity index (χ3v) is 4.75. The first-order chi connectivity index (χ1) is 12.5. The molecule has 2 amide bonds. The van der Waals surface area contributed by atoms with Gasteiger partial charge in [0.2, 0.25) is 11.8 Å². The minimum atomic E-state index is -0.181. The Balaban J connectivity index is 1.85. The van der Waals surface area contributed by atoms with E-state index in [0.717, 1.165) is 11.1 Å². The number of benzene rings is 2. The summed E-state index contributed by atoms with van der Waals surface area (Å²) in [4.78, 5) is 23.1. The molecule has 0 aromatic heterocycles. The molecule has 0 saturated carbocycles. The van der Waals surface area contributed by atoms with Crippen molar-refractivity contribution in [2.75, 3.05) is 11.1 Å². The maximum absolute atomic E-state index is 11.9. The number of halogens is 1. The highest BCUT2D eigenvalue weighted by Gasteiger charge is 2.05. The highest BCUT2D eigenvalue weighted by Crippen LogP contribution is 2.20. The molecule has 0 spiro atoms. The van der Waals surface area contributed by atoms with Gasteiger partial charge in [-0.3, -0.25) is 9.59 Å². The lowest BCUT2D eigenvalue weighted by Gasteiger charge is -2.06. The summed E-state index contributed by atoms with van der Waals surface area (Å²) >= 11 is 7.56. The normalized spacial score (nSPS) is 11.1. The molecule has 0 heterocycles. The van der Waals surface area contributed by atoms with Gasteiger partial charge >= 0.3 is 0 Å². The molecule has 2 aromatic carbocycles. The van der Waals surface area contributed by atoms with Gasteiger partial charge in [-0.25, -0.2) is 5.43 Å². The summed E-state index contributed by atoms with van der Waals surface area (Å²) in [6.45, 7) is 3.25. The Kier molecular flexibility index (Phi) is 7.69. The minimum absolute atomic E-state index is 0.138. The summed E-state index contributed by atoms with van der Waals surface area (Å²) in [5.74, 6) is 0.627. The van der Waals surface area contributed by atoms with Crippen LogP contribution in [0.3, 0.4) is 0 Å². The lowest BCUT2D eigenvalue weighted by Crippen LogP contribution is -2.21. The fourth-order valence-electron chi connectivity index (χ4n) is 2.14. The predicted molar refractivity (Wildman–Crippen MR) is 109 cm³/mol. The fraction of sp³-hybridized carbons (Fsp3) is 0.211. The Labute approximate surface area is 162 Å². The van der Waals surface area contributed by atoms with Crippen molar-refractivity contribution in [2.45, 2.75) is 19.6 Å². The number of amides is 2. The molecule has 26 heavy (non-hydrogen) atoms. The molecule has 0 saturated heterocycles. The number of anilines is 1. The van der Waals surface area contributed by atoms with Gasteiger partial charge in [0.15, 0.2) is 0 Å². The van der Waals surface area contributed by atoms with Crippen molar-refractivity contribution in [1.29, 1.82) is 0 Å². The lowest BCUT2D eigenvalue weighted by molar-refractivity contribution is -0.118. The van der Waals surface area contributed by atoms with E-state index in [-0.39, 0.29) is 17.6 Å². The van der Waals surface area contributed by atoms with Gasteiger partial charge in [0.05, 0.1) is 11.5 Å². The van der Waals surface area contributed by atoms with E-state index in [1.165, 1.54) is 18.7 Å². The van der Waals surface area contributed by atoms with Crippen LogP contribution < -0.4 is 10.7 Å². The van der Waals surface area contributed by atoms with Crippen molar-refractivity contribution < 1.29 is 9.59 Å². The summed E-state index contributed by atoms with van der Waals surface area (Å²) in [7, 11) is 0. The molecule has 0 aliphatic rings. The number of hydrogen-bond acceptors (Lipinski definition) is 4. The number of hydrazone groups is 1. The monoisotopic (exact) mass is 389 g/mol. The maximum Gasteiger partial charge on any atom is 0.250 e. The number of rotatable bonds is 7. The molecule has 0 atom stereocenters. The Morgan fingerprint density at radius 3 is 2.62 bits per heavy atom. The second kappa shape index (κ2) is 9.99. The Hall–Kier alpha value is -2.31. The van der Waals surface area contributed by atoms with Gasteiger partial charge in [-0.15, -0.1) is 11.8 Å². The average molecular weight is 390 g/mol. The van der Waals surface area contributed by atoms with Crippen LogP contribution in [0.1, 0.15) is 25.0 Å². The number of hydrogen-bond donors (Lipinski definition) is 2. The third kappa shape index (κ3) is 6.54. The molecule has 0 aliphatic carbocycles. The quantitative estimate of drug-likeness (QED) is 0.553. The first-order valence-corrected chi connectivity index (χ1v) is 9.51. The molecule has 0 radical (unpaired) electrons. The van der Waals surface area contributed by atoms with Crippen LogP contribution in [-0.2, 0) is 15.3 Å². The number of nitrogens with zero attached hydrogens (tertiary/aromatic N) is 1. The minimum Gasteiger partial charge on any atom is -0.326 e. The van der Waals surface area contributed by atoms with Crippen LogP contribution in [0.15, 0.2) is 53.6 Å². The van der Waals surface area contributed by atoms with Crippen LogP contribution in [0.2, 0.25) is 5.02 Å². The fourth-order valence-corrected chi connectivity index (χ4v) is 3.24. The molecule has 2 N–H and O–H groups in total. The Bertz CT molecular complexity index is 824. The number of thioether (sulfide) groups is 1. The zero-order valence-electron chi connectivity index (χ0n) is 14.6. The first-order valence-electron chi connectivity index (χ1n) is 7.98. The average Bonchev–Trinajstić information content (AvgIpc) is 2.61. The van der Waals surface area contributed by atoms with Crippen molar-refractivity contribution in [3.8, 4) is 0 Å². The molecular weight excluding hydrogens is 370 g/mol. The van der Waals surface area contributed by atoms with Gasteiger partial charge < -0.3 is 5.32 Å². The smallest absolute Gasteiger partial charge is 0.250 e. The zero-order chi connectivity index (χ0) is 18.9. The SMILES string of the molecule is CC(=O)Nc1cccc(C(C)=NNC(=O)CSCc2ccccc2Cl)c1. The largest absolute Gasteiger partial charge is 0.326 e. The predicted octanol–water partition coefficient (Wildman–Crippen LogP) is 4.07. The molecule has 5 nitrogen and oxygen atoms in total. The van der Waals surface area contributed by atoms with Crippen LogP contribution >= 0.6 is 23.4 Å². The van der Waals surface area contributed by atoms with Gasteiger partial charge in [-0.2, -0.15) is 5.10 Å². The molecule has 0 unspecified atom stereocenters. The summed E-state index contributed by atoms with van der Waals surface area (Å²) in [5.41, 5.74) is 5.71. The van der Waals surface area contributed by atoms with Crippen molar-refractivity contribution in [1.82, 2.24) is 5.43 Å². The number of nitrogens with one attached hydrogen (secondary N) is 2. The Morgan fingerprint density at radius 1 is 1.12 bits per heavy atom. The second-order valence-corrected chi connectivity index (χ2v) is 6.97. The van der Waals surface area contributed by atoms with Gasteiger partial charge in [-0.05, 0) is 36.2 Å². The molecule has 136 valence electrons. The highest BCUT2D eigenvalue weighted by atomic mass is 35.5. The third-order valence-electron chi connectivity index (χ3n) is 3.40. The highest BCUT2D eigenvalue weighted by molar-refractivity contribution is 7.99. The summed E-state index contributed by atoms with van der Waals surface area (Å²) in [5, 5.41) is 7.54. The topological polar surface area (TPSA) is 70.6 Å². The van der Waals surface area contributed by atoms with Gasteiger partial charge in [-0.1, -0.05) is 41.9 Å². The standard InChI is InChI=1S/C19H20ClN3O2S/c1-13(15-7-5-8-17(10-15)21-14(2)24)22-23-19(25)12-26-11-16-6-3-4-9-18(16)20/h3-10H,11-12H2,1-2H3,(H,21,24)(H,23,25). The van der Waals surface area contributed by atoms with E-state index in [2.05, 4.69) is 15.8 Å². The maximum atomic E-state index is 11.9. The first kappa shape index (κ1) is 20.0. The summed E-state index contributed by atoms with van der Waals surface area (Å²) in [6.07, 6.45) is 0. The lowest BCUT2D eigenvalue weighted by atomic mass is 10.1. The van der Waals surface area contributed by atoms with Gasteiger partial charge in [0.1, 0.15) is 0 Å². The van der Waals surface area contributed by atoms with Crippen molar-refractivity contribution in [2.24, 2.45) is 5.10 Å². The second-order valence-electron chi connectivity index (χ2n) is 5.58. The van der Waals surface area contributed by atoms with Crippen molar-refractivity contribution in [3.63, 3.8) is 0 Å². The molecule has 0 aliphatic heterocycles. The van der Waals surface area contributed by atoms with Gasteiger partial charge in [0.25, 0.3) is 0 Å². The van der Waals surface area contributed by atoms with E-state index in [1.54, 1.807) is 19.1 Å². The molecule has 7 heteroatoms. The van der Waals surface area contributed by atoms with Crippen LogP contribution in [0.4, 0.5) is 5.69 Å². The van der Waals surface area contributed by atoms with Crippen molar-refractivity contribution in [3.05, 3.63) is 64.7 Å². The van der Waals surface area contributed by atoms with E-state index in [9.17, 15) is 9.59 Å². The van der Waals surface area contributed by atoms with E-state index in [4.69, 9.17) is 11.6 Å². The Morgan fingerprint density at radius 2 is 1.88 bits per heavy atom. The molecule has 0 bridgehead atoms. The van der Waals surface area contributed by atoms with E-state index in [1.807, 2.05) is 36.4 Å². The van der Waals surface area contributed by atoms with E-state index >= 15 is 0 Å². The molecule has 0 fully saturated rings. The van der Waals surface area contributed by atoms with Crippen LogP contribution in [0, 0.1) is 0 Å². The summed E-state index contributed by atoms with van der Waals surface area (Å²) < 4.78 is 0. The van der Waals surface area contributed by atoms with E-state index < -0.39 is 0 Å². The zero-order valence-corrected chi connectivity index (χ0v) is 16.2. The van der Waals surface area contributed by atoms with Gasteiger partial charge in [0, 0.05) is 23.4 Å². The van der Waals surface area contributed by atoms with E-state index in [0.29, 0.717) is 22.2 Å².